The fourth-order valence-electron chi connectivity index (χ4n) is 1.77. The highest BCUT2D eigenvalue weighted by atomic mass is 16.5. The molecule has 0 aliphatic heterocycles. The molecule has 0 aromatic heterocycles. The summed E-state index contributed by atoms with van der Waals surface area (Å²) in [5, 5.41) is 8.07. The summed E-state index contributed by atoms with van der Waals surface area (Å²) in [7, 11) is 0. The summed E-state index contributed by atoms with van der Waals surface area (Å²) in [5.41, 5.74) is 0.537. The van der Waals surface area contributed by atoms with Crippen LogP contribution in [-0.4, -0.2) is 36.9 Å². The van der Waals surface area contributed by atoms with E-state index >= 15 is 0 Å². The summed E-state index contributed by atoms with van der Waals surface area (Å²) in [6.45, 7) is 7.18. The normalized spacial score (nSPS) is 9.76. The molecule has 1 aromatic carbocycles. The molecule has 5 nitrogen and oxygen atoms in total. The van der Waals surface area contributed by atoms with Crippen molar-refractivity contribution >= 4 is 11.9 Å². The molecule has 1 aromatic rings. The zero-order chi connectivity index (χ0) is 18.9. The molecule has 1 N–H and O–H groups in total. The third kappa shape index (κ3) is 10.6. The Labute approximate surface area is 151 Å². The highest BCUT2D eigenvalue weighted by Crippen LogP contribution is 2.12. The number of hydrogen-bond acceptors (Lipinski definition) is 5. The summed E-state index contributed by atoms with van der Waals surface area (Å²) in [4.78, 5) is 23.9. The Balaban J connectivity index is 0.00000101. The van der Waals surface area contributed by atoms with E-state index in [1.54, 1.807) is 24.3 Å². The third-order valence-electron chi connectivity index (χ3n) is 3.34. The number of carbonyl (C=O) groups is 2. The second-order valence-corrected chi connectivity index (χ2v) is 5.60. The van der Waals surface area contributed by atoms with Gasteiger partial charge >= 0.3 is 11.9 Å². The quantitative estimate of drug-likeness (QED) is 0.500. The first-order chi connectivity index (χ1) is 12.1. The topological polar surface area (TPSA) is 72.8 Å². The fourth-order valence-corrected chi connectivity index (χ4v) is 1.77. The van der Waals surface area contributed by atoms with Gasteiger partial charge in [0.2, 0.25) is 0 Å². The number of hydrogen-bond donors (Lipinski definition) is 1. The fraction of sp³-hybridized carbons (Fsp3) is 0.600. The molecule has 142 valence electrons. The average Bonchev–Trinajstić information content (AvgIpc) is 2.63. The van der Waals surface area contributed by atoms with Crippen LogP contribution in [0.1, 0.15) is 80.0 Å². The minimum absolute atomic E-state index is 0.269. The van der Waals surface area contributed by atoms with Crippen LogP contribution in [0.25, 0.3) is 0 Å². The molecule has 0 fully saturated rings. The number of benzene rings is 1. The van der Waals surface area contributed by atoms with Crippen molar-refractivity contribution in [1.82, 2.24) is 0 Å². The van der Waals surface area contributed by atoms with Gasteiger partial charge in [0.1, 0.15) is 0 Å². The third-order valence-corrected chi connectivity index (χ3v) is 3.34. The van der Waals surface area contributed by atoms with Crippen LogP contribution in [0.5, 0.6) is 0 Å². The second kappa shape index (κ2) is 15.6. The lowest BCUT2D eigenvalue weighted by atomic mass is 10.1. The van der Waals surface area contributed by atoms with Gasteiger partial charge in [-0.2, -0.15) is 0 Å². The number of ether oxygens (including phenoxy) is 2. The molecule has 5 heteroatoms. The van der Waals surface area contributed by atoms with E-state index in [4.69, 9.17) is 14.6 Å². The number of carbonyl (C=O) groups excluding carboxylic acids is 2. The lowest BCUT2D eigenvalue weighted by Crippen LogP contribution is -2.14. The first kappa shape index (κ1) is 23.1. The molecule has 0 saturated heterocycles. The van der Waals surface area contributed by atoms with Gasteiger partial charge in [0.25, 0.3) is 0 Å². The minimum Gasteiger partial charge on any atom is -0.462 e. The Hall–Kier alpha value is -1.88. The number of aliphatic hydroxyl groups excluding tert-OH is 1. The molecular formula is C20H32O5. The van der Waals surface area contributed by atoms with Crippen molar-refractivity contribution < 1.29 is 24.2 Å². The maximum atomic E-state index is 11.9. The van der Waals surface area contributed by atoms with E-state index in [2.05, 4.69) is 6.92 Å². The highest BCUT2D eigenvalue weighted by molar-refractivity contribution is 6.03. The molecular weight excluding hydrogens is 320 g/mol. The average molecular weight is 352 g/mol. The van der Waals surface area contributed by atoms with Crippen LogP contribution in [0.15, 0.2) is 24.3 Å². The molecule has 1 rings (SSSR count). The van der Waals surface area contributed by atoms with Crippen LogP contribution in [0.2, 0.25) is 0 Å². The molecule has 0 heterocycles. The number of unbranched alkanes of at least 4 members (excludes halogenated alkanes) is 3. The molecule has 0 amide bonds. The van der Waals surface area contributed by atoms with Crippen molar-refractivity contribution in [2.45, 2.75) is 59.3 Å². The maximum absolute atomic E-state index is 11.9. The SMILES string of the molecule is CCCCO.CCCCOC(=O)c1ccccc1C(=O)OCCCC. The van der Waals surface area contributed by atoms with Crippen LogP contribution < -0.4 is 0 Å². The first-order valence-corrected chi connectivity index (χ1v) is 9.16. The lowest BCUT2D eigenvalue weighted by Gasteiger charge is -2.09. The molecule has 0 unspecified atom stereocenters. The summed E-state index contributed by atoms with van der Waals surface area (Å²) < 4.78 is 10.3. The Morgan fingerprint density at radius 2 is 1.20 bits per heavy atom. The zero-order valence-corrected chi connectivity index (χ0v) is 15.8. The van der Waals surface area contributed by atoms with Gasteiger partial charge in [-0.25, -0.2) is 9.59 Å². The largest absolute Gasteiger partial charge is 0.462 e. The summed E-state index contributed by atoms with van der Waals surface area (Å²) in [6, 6.07) is 6.59. The predicted octanol–water partition coefficient (Wildman–Crippen LogP) is 4.38. The van der Waals surface area contributed by atoms with Crippen molar-refractivity contribution in [3.05, 3.63) is 35.4 Å². The number of esters is 2. The van der Waals surface area contributed by atoms with Gasteiger partial charge in [0, 0.05) is 6.61 Å². The van der Waals surface area contributed by atoms with E-state index in [1.807, 2.05) is 13.8 Å². The van der Waals surface area contributed by atoms with Crippen LogP contribution in [0.4, 0.5) is 0 Å². The van der Waals surface area contributed by atoms with Gasteiger partial charge < -0.3 is 14.6 Å². The van der Waals surface area contributed by atoms with Crippen molar-refractivity contribution in [2.75, 3.05) is 19.8 Å². The summed E-state index contributed by atoms with van der Waals surface area (Å²) >= 11 is 0. The predicted molar refractivity (Wildman–Crippen MR) is 98.8 cm³/mol. The maximum Gasteiger partial charge on any atom is 0.339 e. The number of rotatable bonds is 10. The van der Waals surface area contributed by atoms with Crippen molar-refractivity contribution in [2.24, 2.45) is 0 Å². The molecule has 0 atom stereocenters. The van der Waals surface area contributed by atoms with Gasteiger partial charge in [-0.3, -0.25) is 0 Å². The van der Waals surface area contributed by atoms with E-state index in [1.165, 1.54) is 0 Å². The van der Waals surface area contributed by atoms with Crippen LogP contribution >= 0.6 is 0 Å². The van der Waals surface area contributed by atoms with Crippen molar-refractivity contribution in [3.8, 4) is 0 Å². The second-order valence-electron chi connectivity index (χ2n) is 5.60. The smallest absolute Gasteiger partial charge is 0.339 e. The van der Waals surface area contributed by atoms with Crippen LogP contribution in [0.3, 0.4) is 0 Å². The van der Waals surface area contributed by atoms with Gasteiger partial charge in [0.15, 0.2) is 0 Å². The van der Waals surface area contributed by atoms with E-state index < -0.39 is 11.9 Å². The summed E-state index contributed by atoms with van der Waals surface area (Å²) in [6.07, 6.45) is 5.57. The molecule has 0 aliphatic rings. The van der Waals surface area contributed by atoms with E-state index in [0.717, 1.165) is 38.5 Å². The van der Waals surface area contributed by atoms with Gasteiger partial charge in [-0.1, -0.05) is 52.2 Å². The lowest BCUT2D eigenvalue weighted by molar-refractivity contribution is 0.0452. The Bertz CT molecular complexity index is 442. The monoisotopic (exact) mass is 352 g/mol. The van der Waals surface area contributed by atoms with Gasteiger partial charge in [-0.15, -0.1) is 0 Å². The van der Waals surface area contributed by atoms with E-state index in [0.29, 0.717) is 19.8 Å². The van der Waals surface area contributed by atoms with Gasteiger partial charge in [0.05, 0.1) is 24.3 Å². The highest BCUT2D eigenvalue weighted by Gasteiger charge is 2.18. The first-order valence-electron chi connectivity index (χ1n) is 9.16. The Morgan fingerprint density at radius 3 is 1.48 bits per heavy atom. The summed E-state index contributed by atoms with van der Waals surface area (Å²) in [5.74, 6) is -0.942. The van der Waals surface area contributed by atoms with E-state index in [-0.39, 0.29) is 11.1 Å². The minimum atomic E-state index is -0.471. The van der Waals surface area contributed by atoms with Crippen LogP contribution in [-0.2, 0) is 9.47 Å². The van der Waals surface area contributed by atoms with Crippen molar-refractivity contribution in [1.29, 1.82) is 0 Å². The Morgan fingerprint density at radius 1 is 0.800 bits per heavy atom. The molecule has 0 bridgehead atoms. The molecule has 0 radical (unpaired) electrons. The number of aliphatic hydroxyl groups is 1. The molecule has 0 saturated carbocycles. The Kier molecular flexibility index (Phi) is 14.5. The molecule has 25 heavy (non-hydrogen) atoms. The van der Waals surface area contributed by atoms with Gasteiger partial charge in [-0.05, 0) is 31.4 Å². The molecule has 0 aliphatic carbocycles. The zero-order valence-electron chi connectivity index (χ0n) is 15.8. The van der Waals surface area contributed by atoms with Crippen LogP contribution in [0, 0.1) is 0 Å². The molecule has 0 spiro atoms. The standard InChI is InChI=1S/C16H22O4.C4H10O/c1-3-5-11-19-15(17)13-9-7-8-10-14(13)16(18)20-12-6-4-2;1-2-3-4-5/h7-10H,3-6,11-12H2,1-2H3;5H,2-4H2,1H3. The van der Waals surface area contributed by atoms with Crippen molar-refractivity contribution in [3.63, 3.8) is 0 Å². The van der Waals surface area contributed by atoms with E-state index in [9.17, 15) is 9.59 Å².